The van der Waals surface area contributed by atoms with Gasteiger partial charge in [0.25, 0.3) is 5.91 Å². The van der Waals surface area contributed by atoms with Crippen LogP contribution in [0.15, 0.2) is 48.5 Å². The van der Waals surface area contributed by atoms with Gasteiger partial charge in [0.1, 0.15) is 0 Å². The molecular weight excluding hydrogens is 282 g/mol. The number of benzene rings is 2. The van der Waals surface area contributed by atoms with E-state index in [1.54, 1.807) is 0 Å². The fourth-order valence-electron chi connectivity index (χ4n) is 2.29. The van der Waals surface area contributed by atoms with Crippen LogP contribution < -0.4 is 0 Å². The highest BCUT2D eigenvalue weighted by atomic mass is 35.5. The highest BCUT2D eigenvalue weighted by Gasteiger charge is 2.15. The molecule has 2 nitrogen and oxygen atoms in total. The molecule has 2 rings (SSSR count). The molecule has 0 N–H and O–H groups in total. The third-order valence-corrected chi connectivity index (χ3v) is 3.93. The molecule has 0 aliphatic carbocycles. The number of aryl methyl sites for hydroxylation is 1. The summed E-state index contributed by atoms with van der Waals surface area (Å²) in [5, 5.41) is 0. The second kappa shape index (κ2) is 7.28. The van der Waals surface area contributed by atoms with Gasteiger partial charge in [-0.2, -0.15) is 0 Å². The van der Waals surface area contributed by atoms with Crippen LogP contribution in [0.5, 0.6) is 0 Å². The molecule has 0 unspecified atom stereocenters. The number of carbonyl (C=O) groups is 1. The molecule has 0 spiro atoms. The lowest BCUT2D eigenvalue weighted by molar-refractivity contribution is 0.0752. The van der Waals surface area contributed by atoms with Crippen LogP contribution in [0.2, 0.25) is 0 Å². The molecular formula is C18H20ClNO. The molecule has 0 fully saturated rings. The molecule has 0 saturated heterocycles. The predicted octanol–water partition coefficient (Wildman–Crippen LogP) is 4.40. The summed E-state index contributed by atoms with van der Waals surface area (Å²) in [6.07, 6.45) is 0. The van der Waals surface area contributed by atoms with Gasteiger partial charge in [-0.15, -0.1) is 11.6 Å². The highest BCUT2D eigenvalue weighted by Crippen LogP contribution is 2.15. The van der Waals surface area contributed by atoms with Crippen molar-refractivity contribution >= 4 is 17.5 Å². The van der Waals surface area contributed by atoms with Gasteiger partial charge in [-0.1, -0.05) is 36.4 Å². The Bertz CT molecular complexity index is 624. The van der Waals surface area contributed by atoms with Gasteiger partial charge in [0.2, 0.25) is 0 Å². The first-order chi connectivity index (χ1) is 10.2. The number of hydrogen-bond acceptors (Lipinski definition) is 1. The van der Waals surface area contributed by atoms with E-state index in [-0.39, 0.29) is 5.91 Å². The molecule has 3 heteroatoms. The third-order valence-electron chi connectivity index (χ3n) is 3.62. The summed E-state index contributed by atoms with van der Waals surface area (Å²) in [5.41, 5.74) is 4.05. The van der Waals surface area contributed by atoms with Crippen molar-refractivity contribution in [1.29, 1.82) is 0 Å². The average molecular weight is 302 g/mol. The van der Waals surface area contributed by atoms with Gasteiger partial charge in [0.05, 0.1) is 0 Å². The Balaban J connectivity index is 2.20. The second-order valence-electron chi connectivity index (χ2n) is 5.08. The zero-order valence-corrected chi connectivity index (χ0v) is 13.2. The highest BCUT2D eigenvalue weighted by molar-refractivity contribution is 6.17. The number of amides is 1. The van der Waals surface area contributed by atoms with E-state index in [4.69, 9.17) is 11.6 Å². The molecule has 2 aromatic carbocycles. The molecule has 0 radical (unpaired) electrons. The van der Waals surface area contributed by atoms with Crippen LogP contribution >= 0.6 is 11.6 Å². The van der Waals surface area contributed by atoms with E-state index in [0.717, 1.165) is 5.56 Å². The molecule has 0 aliphatic rings. The number of alkyl halides is 1. The van der Waals surface area contributed by atoms with Crippen LogP contribution in [0, 0.1) is 6.92 Å². The van der Waals surface area contributed by atoms with Crippen LogP contribution in [-0.4, -0.2) is 17.4 Å². The van der Waals surface area contributed by atoms with E-state index in [9.17, 15) is 4.79 Å². The van der Waals surface area contributed by atoms with Crippen molar-refractivity contribution in [3.63, 3.8) is 0 Å². The lowest BCUT2D eigenvalue weighted by Gasteiger charge is -2.22. The minimum Gasteiger partial charge on any atom is -0.335 e. The quantitative estimate of drug-likeness (QED) is 0.750. The first kappa shape index (κ1) is 15.6. The van der Waals surface area contributed by atoms with Crippen LogP contribution in [-0.2, 0) is 12.4 Å². The van der Waals surface area contributed by atoms with E-state index < -0.39 is 0 Å². The number of nitrogens with zero attached hydrogens (tertiary/aromatic N) is 1. The zero-order valence-electron chi connectivity index (χ0n) is 12.5. The molecule has 0 heterocycles. The SMILES string of the molecule is CCN(Cc1ccccc1C)C(=O)c1cccc(CCl)c1. The Morgan fingerprint density at radius 3 is 2.57 bits per heavy atom. The van der Waals surface area contributed by atoms with E-state index in [1.807, 2.05) is 48.2 Å². The summed E-state index contributed by atoms with van der Waals surface area (Å²) in [4.78, 5) is 14.5. The van der Waals surface area contributed by atoms with E-state index >= 15 is 0 Å². The van der Waals surface area contributed by atoms with E-state index in [0.29, 0.717) is 24.5 Å². The van der Waals surface area contributed by atoms with Crippen molar-refractivity contribution in [1.82, 2.24) is 4.90 Å². The van der Waals surface area contributed by atoms with Crippen LogP contribution in [0.3, 0.4) is 0 Å². The maximum Gasteiger partial charge on any atom is 0.254 e. The van der Waals surface area contributed by atoms with Gasteiger partial charge in [0.15, 0.2) is 0 Å². The number of hydrogen-bond donors (Lipinski definition) is 0. The monoisotopic (exact) mass is 301 g/mol. The fourth-order valence-corrected chi connectivity index (χ4v) is 2.46. The molecule has 2 aromatic rings. The maximum absolute atomic E-state index is 12.6. The number of halogens is 1. The van der Waals surface area contributed by atoms with Crippen LogP contribution in [0.25, 0.3) is 0 Å². The summed E-state index contributed by atoms with van der Waals surface area (Å²) >= 11 is 5.84. The Labute approximate surface area is 131 Å². The van der Waals surface area contributed by atoms with Crippen LogP contribution in [0.4, 0.5) is 0 Å². The molecule has 0 saturated carbocycles. The van der Waals surface area contributed by atoms with Crippen molar-refractivity contribution in [3.8, 4) is 0 Å². The van der Waals surface area contributed by atoms with Gasteiger partial charge < -0.3 is 4.90 Å². The van der Waals surface area contributed by atoms with Gasteiger partial charge in [0, 0.05) is 24.5 Å². The van der Waals surface area contributed by atoms with Crippen LogP contribution in [0.1, 0.15) is 34.0 Å². The van der Waals surface area contributed by atoms with E-state index in [2.05, 4.69) is 19.1 Å². The first-order valence-corrected chi connectivity index (χ1v) is 7.67. The third kappa shape index (κ3) is 3.85. The Morgan fingerprint density at radius 2 is 1.90 bits per heavy atom. The Kier molecular flexibility index (Phi) is 5.40. The Morgan fingerprint density at radius 1 is 1.14 bits per heavy atom. The molecule has 1 amide bonds. The van der Waals surface area contributed by atoms with Crippen molar-refractivity contribution in [2.75, 3.05) is 6.54 Å². The molecule has 0 atom stereocenters. The summed E-state index contributed by atoms with van der Waals surface area (Å²) in [6, 6.07) is 15.7. The largest absolute Gasteiger partial charge is 0.335 e. The molecule has 0 bridgehead atoms. The summed E-state index contributed by atoms with van der Waals surface area (Å²) in [5.74, 6) is 0.470. The van der Waals surface area contributed by atoms with Crippen molar-refractivity contribution < 1.29 is 4.79 Å². The van der Waals surface area contributed by atoms with Crippen molar-refractivity contribution in [2.24, 2.45) is 0 Å². The average Bonchev–Trinajstić information content (AvgIpc) is 2.53. The smallest absolute Gasteiger partial charge is 0.254 e. The molecule has 0 aromatic heterocycles. The topological polar surface area (TPSA) is 20.3 Å². The molecule has 21 heavy (non-hydrogen) atoms. The number of rotatable bonds is 5. The lowest BCUT2D eigenvalue weighted by atomic mass is 10.1. The number of carbonyl (C=O) groups excluding carboxylic acids is 1. The van der Waals surface area contributed by atoms with Gasteiger partial charge >= 0.3 is 0 Å². The normalized spacial score (nSPS) is 10.4. The predicted molar refractivity (Wildman–Crippen MR) is 87.6 cm³/mol. The second-order valence-corrected chi connectivity index (χ2v) is 5.35. The Hall–Kier alpha value is -1.80. The molecule has 110 valence electrons. The summed E-state index contributed by atoms with van der Waals surface area (Å²) < 4.78 is 0. The van der Waals surface area contributed by atoms with Crippen molar-refractivity contribution in [2.45, 2.75) is 26.3 Å². The minimum atomic E-state index is 0.0488. The molecule has 0 aliphatic heterocycles. The van der Waals surface area contributed by atoms with E-state index in [1.165, 1.54) is 11.1 Å². The maximum atomic E-state index is 12.6. The van der Waals surface area contributed by atoms with Gasteiger partial charge in [-0.25, -0.2) is 0 Å². The standard InChI is InChI=1S/C18H20ClNO/c1-3-20(13-17-9-5-4-7-14(17)2)18(21)16-10-6-8-15(11-16)12-19/h4-11H,3,12-13H2,1-2H3. The first-order valence-electron chi connectivity index (χ1n) is 7.14. The minimum absolute atomic E-state index is 0.0488. The van der Waals surface area contributed by atoms with Crippen molar-refractivity contribution in [3.05, 3.63) is 70.8 Å². The lowest BCUT2D eigenvalue weighted by Crippen LogP contribution is -2.30. The van der Waals surface area contributed by atoms with Gasteiger partial charge in [-0.3, -0.25) is 4.79 Å². The fraction of sp³-hybridized carbons (Fsp3) is 0.278. The summed E-state index contributed by atoms with van der Waals surface area (Å²) in [6.45, 7) is 5.38. The van der Waals surface area contributed by atoms with Gasteiger partial charge in [-0.05, 0) is 42.7 Å². The zero-order chi connectivity index (χ0) is 15.2. The summed E-state index contributed by atoms with van der Waals surface area (Å²) in [7, 11) is 0.